The SMILES string of the molecule is Cc1cc(C)c(-c2cc3c(c(C4=C5CCCCC5=CC(c5c(C)cc(C)cc5C)C4C)c2O)CCCC3)c(C)c1. The molecule has 0 spiro atoms. The number of allylic oxidation sites excluding steroid dienone is 4. The largest absolute Gasteiger partial charge is 0.507 e. The van der Waals surface area contributed by atoms with E-state index in [2.05, 4.69) is 84.9 Å². The average molecular weight is 531 g/mol. The number of phenolic OH excluding ortho intramolecular Hbond substituents is 1. The van der Waals surface area contributed by atoms with E-state index in [1.165, 1.54) is 98.0 Å². The normalized spacial score (nSPS) is 20.7. The minimum Gasteiger partial charge on any atom is -0.507 e. The molecule has 40 heavy (non-hydrogen) atoms. The van der Waals surface area contributed by atoms with Crippen LogP contribution in [-0.2, 0) is 12.8 Å². The van der Waals surface area contributed by atoms with Crippen molar-refractivity contribution in [2.24, 2.45) is 5.92 Å². The molecule has 0 amide bonds. The molecule has 0 aromatic heterocycles. The molecule has 2 atom stereocenters. The van der Waals surface area contributed by atoms with Gasteiger partial charge in [-0.3, -0.25) is 0 Å². The van der Waals surface area contributed by atoms with Gasteiger partial charge in [-0.1, -0.05) is 48.4 Å². The first kappa shape index (κ1) is 27.1. The van der Waals surface area contributed by atoms with Crippen LogP contribution in [0.25, 0.3) is 16.7 Å². The summed E-state index contributed by atoms with van der Waals surface area (Å²) in [6.07, 6.45) is 12.0. The van der Waals surface area contributed by atoms with Gasteiger partial charge in [0.25, 0.3) is 0 Å². The van der Waals surface area contributed by atoms with E-state index < -0.39 is 0 Å². The molecule has 1 heteroatoms. The molecule has 1 fully saturated rings. The minimum atomic E-state index is 0.310. The van der Waals surface area contributed by atoms with E-state index in [4.69, 9.17) is 0 Å². The molecule has 0 radical (unpaired) electrons. The zero-order valence-corrected chi connectivity index (χ0v) is 25.7. The van der Waals surface area contributed by atoms with Gasteiger partial charge in [0.2, 0.25) is 0 Å². The second kappa shape index (κ2) is 10.4. The Morgan fingerprint density at radius 2 is 1.23 bits per heavy atom. The van der Waals surface area contributed by atoms with Crippen LogP contribution in [-0.4, -0.2) is 5.11 Å². The Labute approximate surface area is 242 Å². The van der Waals surface area contributed by atoms with E-state index in [1.54, 1.807) is 5.57 Å². The highest BCUT2D eigenvalue weighted by atomic mass is 16.3. The summed E-state index contributed by atoms with van der Waals surface area (Å²) in [5, 5.41) is 12.4. The number of benzene rings is 3. The Balaban J connectivity index is 1.63. The predicted molar refractivity (Wildman–Crippen MR) is 170 cm³/mol. The molecule has 6 rings (SSSR count). The van der Waals surface area contributed by atoms with Crippen LogP contribution in [0.2, 0.25) is 0 Å². The topological polar surface area (TPSA) is 20.2 Å². The molecule has 2 unspecified atom stereocenters. The number of hydrogen-bond acceptors (Lipinski definition) is 1. The molecule has 3 aliphatic carbocycles. The van der Waals surface area contributed by atoms with Crippen LogP contribution in [0.1, 0.15) is 107 Å². The molecule has 208 valence electrons. The van der Waals surface area contributed by atoms with Crippen molar-refractivity contribution >= 4 is 5.57 Å². The smallest absolute Gasteiger partial charge is 0.131 e. The van der Waals surface area contributed by atoms with Crippen molar-refractivity contribution < 1.29 is 5.11 Å². The van der Waals surface area contributed by atoms with Crippen LogP contribution < -0.4 is 0 Å². The van der Waals surface area contributed by atoms with Crippen LogP contribution >= 0.6 is 0 Å². The highest BCUT2D eigenvalue weighted by Gasteiger charge is 2.36. The third-order valence-electron chi connectivity index (χ3n) is 10.1. The number of fused-ring (bicyclic) bond motifs is 2. The fourth-order valence-corrected chi connectivity index (χ4v) is 8.64. The highest BCUT2D eigenvalue weighted by molar-refractivity contribution is 5.89. The lowest BCUT2D eigenvalue weighted by atomic mass is 9.66. The fraction of sp³-hybridized carbons (Fsp3) is 0.436. The van der Waals surface area contributed by atoms with Crippen LogP contribution in [0.4, 0.5) is 0 Å². The number of hydrogen-bond donors (Lipinski definition) is 1. The molecule has 1 N–H and O–H groups in total. The Morgan fingerprint density at radius 1 is 0.650 bits per heavy atom. The second-order valence-electron chi connectivity index (χ2n) is 13.2. The Kier molecular flexibility index (Phi) is 7.06. The summed E-state index contributed by atoms with van der Waals surface area (Å²) in [6, 6.07) is 11.6. The first-order chi connectivity index (χ1) is 19.2. The van der Waals surface area contributed by atoms with Crippen molar-refractivity contribution in [2.45, 2.75) is 106 Å². The highest BCUT2D eigenvalue weighted by Crippen LogP contribution is 2.54. The van der Waals surface area contributed by atoms with Crippen molar-refractivity contribution in [3.8, 4) is 16.9 Å². The van der Waals surface area contributed by atoms with Crippen molar-refractivity contribution in [2.75, 3.05) is 0 Å². The van der Waals surface area contributed by atoms with Crippen molar-refractivity contribution in [1.82, 2.24) is 0 Å². The number of phenols is 1. The summed E-state index contributed by atoms with van der Waals surface area (Å²) in [6.45, 7) is 15.8. The van der Waals surface area contributed by atoms with E-state index in [1.807, 2.05) is 0 Å². The summed E-state index contributed by atoms with van der Waals surface area (Å²) >= 11 is 0. The van der Waals surface area contributed by atoms with Crippen LogP contribution in [0.15, 0.2) is 47.6 Å². The number of aromatic hydroxyl groups is 1. The van der Waals surface area contributed by atoms with Gasteiger partial charge in [-0.25, -0.2) is 0 Å². The standard InChI is InChI=1S/C39H46O/c1-22-16-24(3)35(25(4)17-22)33-20-29-12-8-10-14-31(29)37(28(33)7)38-32-15-11-9-13-30(32)21-34(39(38)40)36-26(5)18-23(2)19-27(36)6/h16-21,28,33,40H,8-15H2,1-7H3. The molecular formula is C39H46O. The molecule has 0 bridgehead atoms. The van der Waals surface area contributed by atoms with Gasteiger partial charge in [0, 0.05) is 17.0 Å². The van der Waals surface area contributed by atoms with Crippen LogP contribution in [0.3, 0.4) is 0 Å². The monoisotopic (exact) mass is 530 g/mol. The summed E-state index contributed by atoms with van der Waals surface area (Å²) < 4.78 is 0. The van der Waals surface area contributed by atoms with E-state index in [9.17, 15) is 5.11 Å². The lowest BCUT2D eigenvalue weighted by Gasteiger charge is -2.38. The van der Waals surface area contributed by atoms with Gasteiger partial charge in [0.1, 0.15) is 5.75 Å². The van der Waals surface area contributed by atoms with E-state index in [0.717, 1.165) is 31.2 Å². The van der Waals surface area contributed by atoms with Crippen LogP contribution in [0, 0.1) is 47.5 Å². The Bertz CT molecular complexity index is 1530. The summed E-state index contributed by atoms with van der Waals surface area (Å²) in [5.74, 6) is 1.16. The third-order valence-corrected chi connectivity index (χ3v) is 10.1. The number of aryl methyl sites for hydroxylation is 7. The molecule has 0 aliphatic heterocycles. The fourth-order valence-electron chi connectivity index (χ4n) is 8.64. The maximum absolute atomic E-state index is 12.4. The summed E-state index contributed by atoms with van der Waals surface area (Å²) in [5.41, 5.74) is 20.3. The van der Waals surface area contributed by atoms with Gasteiger partial charge >= 0.3 is 0 Å². The third kappa shape index (κ3) is 4.47. The van der Waals surface area contributed by atoms with Gasteiger partial charge in [0.05, 0.1) is 0 Å². The Morgan fingerprint density at radius 3 is 1.90 bits per heavy atom. The molecule has 1 nitrogen and oxygen atoms in total. The maximum Gasteiger partial charge on any atom is 0.131 e. The quantitative estimate of drug-likeness (QED) is 0.357. The van der Waals surface area contributed by atoms with Gasteiger partial charge < -0.3 is 5.11 Å². The van der Waals surface area contributed by atoms with E-state index in [-0.39, 0.29) is 0 Å². The van der Waals surface area contributed by atoms with Gasteiger partial charge in [-0.2, -0.15) is 0 Å². The van der Waals surface area contributed by atoms with Crippen molar-refractivity contribution in [3.63, 3.8) is 0 Å². The van der Waals surface area contributed by atoms with Gasteiger partial charge in [0.15, 0.2) is 0 Å². The molecule has 0 saturated heterocycles. The molecule has 1 saturated carbocycles. The minimum absolute atomic E-state index is 0.310. The molecule has 3 aliphatic rings. The van der Waals surface area contributed by atoms with Crippen LogP contribution in [0.5, 0.6) is 5.75 Å². The molecular weight excluding hydrogens is 484 g/mol. The average Bonchev–Trinajstić information content (AvgIpc) is 2.89. The van der Waals surface area contributed by atoms with Gasteiger partial charge in [-0.05, 0) is 166 Å². The zero-order valence-electron chi connectivity index (χ0n) is 25.7. The Hall–Kier alpha value is -3.06. The first-order valence-corrected chi connectivity index (χ1v) is 15.6. The first-order valence-electron chi connectivity index (χ1n) is 15.6. The predicted octanol–water partition coefficient (Wildman–Crippen LogP) is 10.5. The summed E-state index contributed by atoms with van der Waals surface area (Å²) in [7, 11) is 0. The summed E-state index contributed by atoms with van der Waals surface area (Å²) in [4.78, 5) is 0. The van der Waals surface area contributed by atoms with E-state index >= 15 is 0 Å². The van der Waals surface area contributed by atoms with E-state index in [0.29, 0.717) is 17.6 Å². The van der Waals surface area contributed by atoms with Crippen molar-refractivity contribution in [1.29, 1.82) is 0 Å². The number of rotatable bonds is 3. The van der Waals surface area contributed by atoms with Gasteiger partial charge in [-0.15, -0.1) is 0 Å². The van der Waals surface area contributed by atoms with Crippen molar-refractivity contribution in [3.05, 3.63) is 103 Å². The zero-order chi connectivity index (χ0) is 28.3. The lowest BCUT2D eigenvalue weighted by Crippen LogP contribution is -2.22. The molecule has 3 aromatic rings. The second-order valence-corrected chi connectivity index (χ2v) is 13.2. The molecule has 0 heterocycles. The molecule has 3 aromatic carbocycles. The lowest BCUT2D eigenvalue weighted by molar-refractivity contribution is 0.470. The maximum atomic E-state index is 12.4.